The maximum atomic E-state index is 6.00. The lowest BCUT2D eigenvalue weighted by Gasteiger charge is -2.13. The van der Waals surface area contributed by atoms with Gasteiger partial charge in [-0.3, -0.25) is 4.98 Å². The van der Waals surface area contributed by atoms with E-state index >= 15 is 0 Å². The Morgan fingerprint density at radius 3 is 2.94 bits per heavy atom. The highest BCUT2D eigenvalue weighted by molar-refractivity contribution is 9.09. The quantitative estimate of drug-likeness (QED) is 0.756. The number of halogens is 2. The summed E-state index contributed by atoms with van der Waals surface area (Å²) in [5.74, 6) is 0.458. The first-order chi connectivity index (χ1) is 7.79. The molecule has 4 heteroatoms. The van der Waals surface area contributed by atoms with Crippen LogP contribution in [0.2, 0.25) is 5.02 Å². The summed E-state index contributed by atoms with van der Waals surface area (Å²) in [4.78, 5) is 5.41. The average molecular weight is 317 g/mol. The Morgan fingerprint density at radius 2 is 2.31 bits per heavy atom. The van der Waals surface area contributed by atoms with Gasteiger partial charge in [0.05, 0.1) is 5.51 Å². The fourth-order valence-electron chi connectivity index (χ4n) is 1.61. The molecule has 0 aliphatic carbocycles. The first kappa shape index (κ1) is 12.1. The van der Waals surface area contributed by atoms with E-state index in [1.807, 2.05) is 29.9 Å². The third-order valence-electron chi connectivity index (χ3n) is 2.44. The fourth-order valence-corrected chi connectivity index (χ4v) is 3.09. The number of nitrogens with zero attached hydrogens (tertiary/aromatic N) is 1. The molecule has 0 bridgehead atoms. The molecule has 1 aromatic heterocycles. The van der Waals surface area contributed by atoms with E-state index in [-0.39, 0.29) is 0 Å². The Hall–Kier alpha value is -0.380. The Morgan fingerprint density at radius 1 is 1.44 bits per heavy atom. The van der Waals surface area contributed by atoms with E-state index in [4.69, 9.17) is 11.6 Å². The van der Waals surface area contributed by atoms with Crippen molar-refractivity contribution in [2.45, 2.75) is 12.3 Å². The molecule has 0 fully saturated rings. The summed E-state index contributed by atoms with van der Waals surface area (Å²) in [7, 11) is 0. The van der Waals surface area contributed by atoms with Gasteiger partial charge in [0, 0.05) is 21.4 Å². The van der Waals surface area contributed by atoms with Crippen LogP contribution in [0.5, 0.6) is 0 Å². The summed E-state index contributed by atoms with van der Waals surface area (Å²) in [6.45, 7) is 0. The second kappa shape index (κ2) is 5.80. The van der Waals surface area contributed by atoms with E-state index in [1.54, 1.807) is 11.3 Å². The maximum Gasteiger partial charge on any atom is 0.0794 e. The molecule has 0 aliphatic rings. The van der Waals surface area contributed by atoms with Gasteiger partial charge in [-0.05, 0) is 30.0 Å². The van der Waals surface area contributed by atoms with Gasteiger partial charge in [-0.25, -0.2) is 0 Å². The minimum absolute atomic E-state index is 0.458. The van der Waals surface area contributed by atoms with Gasteiger partial charge >= 0.3 is 0 Å². The Kier molecular flexibility index (Phi) is 4.38. The topological polar surface area (TPSA) is 12.9 Å². The summed E-state index contributed by atoms with van der Waals surface area (Å²) < 4.78 is 0. The fraction of sp³-hybridized carbons (Fsp3) is 0.250. The number of alkyl halides is 1. The van der Waals surface area contributed by atoms with Crippen molar-refractivity contribution in [2.24, 2.45) is 0 Å². The zero-order chi connectivity index (χ0) is 11.4. The van der Waals surface area contributed by atoms with Crippen molar-refractivity contribution in [3.63, 3.8) is 0 Å². The van der Waals surface area contributed by atoms with Gasteiger partial charge in [0.1, 0.15) is 0 Å². The van der Waals surface area contributed by atoms with E-state index < -0.39 is 0 Å². The SMILES string of the molecule is Clc1cccc(C(CBr)Cc2cncs2)c1. The third kappa shape index (κ3) is 3.06. The van der Waals surface area contributed by atoms with Crippen LogP contribution in [0.15, 0.2) is 36.0 Å². The minimum Gasteiger partial charge on any atom is -0.253 e. The van der Waals surface area contributed by atoms with E-state index in [0.717, 1.165) is 16.8 Å². The van der Waals surface area contributed by atoms with E-state index in [9.17, 15) is 0 Å². The molecule has 2 rings (SSSR count). The van der Waals surface area contributed by atoms with Crippen LogP contribution in [-0.4, -0.2) is 10.3 Å². The highest BCUT2D eigenvalue weighted by Crippen LogP contribution is 2.26. The maximum absolute atomic E-state index is 6.00. The summed E-state index contributed by atoms with van der Waals surface area (Å²) in [6, 6.07) is 8.07. The van der Waals surface area contributed by atoms with Gasteiger partial charge in [0.15, 0.2) is 0 Å². The van der Waals surface area contributed by atoms with Crippen molar-refractivity contribution in [3.8, 4) is 0 Å². The normalized spacial score (nSPS) is 12.6. The zero-order valence-electron chi connectivity index (χ0n) is 8.57. The number of thiazole rings is 1. The molecule has 16 heavy (non-hydrogen) atoms. The van der Waals surface area contributed by atoms with Gasteiger partial charge in [-0.15, -0.1) is 11.3 Å². The summed E-state index contributed by atoms with van der Waals surface area (Å²) in [5, 5.41) is 1.73. The van der Waals surface area contributed by atoms with Crippen LogP contribution in [-0.2, 0) is 6.42 Å². The molecule has 1 heterocycles. The Bertz CT molecular complexity index is 444. The molecule has 1 atom stereocenters. The zero-order valence-corrected chi connectivity index (χ0v) is 11.7. The van der Waals surface area contributed by atoms with Gasteiger partial charge < -0.3 is 0 Å². The third-order valence-corrected chi connectivity index (χ3v) is 4.26. The lowest BCUT2D eigenvalue weighted by Crippen LogP contribution is -2.03. The predicted octanol–water partition coefficient (Wildman–Crippen LogP) is 4.52. The lowest BCUT2D eigenvalue weighted by molar-refractivity contribution is 0.784. The Balaban J connectivity index is 2.16. The van der Waals surface area contributed by atoms with Crippen LogP contribution >= 0.6 is 38.9 Å². The Labute approximate surface area is 113 Å². The number of benzene rings is 1. The second-order valence-electron chi connectivity index (χ2n) is 3.58. The largest absolute Gasteiger partial charge is 0.253 e. The van der Waals surface area contributed by atoms with Crippen molar-refractivity contribution in [1.29, 1.82) is 0 Å². The van der Waals surface area contributed by atoms with Crippen LogP contribution in [0.1, 0.15) is 16.4 Å². The van der Waals surface area contributed by atoms with Crippen molar-refractivity contribution < 1.29 is 0 Å². The summed E-state index contributed by atoms with van der Waals surface area (Å²) >= 11 is 11.3. The molecule has 0 amide bonds. The van der Waals surface area contributed by atoms with Crippen molar-refractivity contribution in [2.75, 3.05) is 5.33 Å². The molecule has 0 spiro atoms. The van der Waals surface area contributed by atoms with Crippen molar-refractivity contribution in [3.05, 3.63) is 51.4 Å². The summed E-state index contributed by atoms with van der Waals surface area (Å²) in [5.41, 5.74) is 3.15. The average Bonchev–Trinajstić information content (AvgIpc) is 2.78. The first-order valence-corrected chi connectivity index (χ1v) is 7.36. The van der Waals surface area contributed by atoms with Crippen LogP contribution in [0, 0.1) is 0 Å². The van der Waals surface area contributed by atoms with Crippen LogP contribution in [0.3, 0.4) is 0 Å². The molecule has 84 valence electrons. The molecule has 0 saturated heterocycles. The molecular formula is C12H11BrClNS. The molecular weight excluding hydrogens is 306 g/mol. The van der Waals surface area contributed by atoms with Gasteiger partial charge in [-0.1, -0.05) is 39.7 Å². The van der Waals surface area contributed by atoms with Gasteiger partial charge in [0.25, 0.3) is 0 Å². The molecule has 1 aromatic carbocycles. The molecule has 2 aromatic rings. The van der Waals surface area contributed by atoms with E-state index in [0.29, 0.717) is 5.92 Å². The number of aromatic nitrogens is 1. The highest BCUT2D eigenvalue weighted by atomic mass is 79.9. The van der Waals surface area contributed by atoms with Crippen LogP contribution in [0.25, 0.3) is 0 Å². The monoisotopic (exact) mass is 315 g/mol. The smallest absolute Gasteiger partial charge is 0.0794 e. The van der Waals surface area contributed by atoms with Crippen molar-refractivity contribution in [1.82, 2.24) is 4.98 Å². The second-order valence-corrected chi connectivity index (χ2v) is 5.63. The standard InChI is InChI=1S/C12H11BrClNS/c13-6-10(5-12-7-15-8-16-12)9-2-1-3-11(14)4-9/h1-4,7-8,10H,5-6H2. The van der Waals surface area contributed by atoms with Gasteiger partial charge in [0.2, 0.25) is 0 Å². The number of rotatable bonds is 4. The first-order valence-electron chi connectivity index (χ1n) is 4.98. The number of hydrogen-bond acceptors (Lipinski definition) is 2. The number of hydrogen-bond donors (Lipinski definition) is 0. The lowest BCUT2D eigenvalue weighted by atomic mass is 9.97. The van der Waals surface area contributed by atoms with Crippen LogP contribution < -0.4 is 0 Å². The van der Waals surface area contributed by atoms with E-state index in [1.165, 1.54) is 10.4 Å². The molecule has 1 unspecified atom stereocenters. The summed E-state index contributed by atoms with van der Waals surface area (Å²) in [6.07, 6.45) is 2.95. The highest BCUT2D eigenvalue weighted by Gasteiger charge is 2.12. The molecule has 0 radical (unpaired) electrons. The minimum atomic E-state index is 0.458. The predicted molar refractivity (Wildman–Crippen MR) is 73.8 cm³/mol. The molecule has 0 saturated carbocycles. The van der Waals surface area contributed by atoms with E-state index in [2.05, 4.69) is 27.0 Å². The molecule has 0 aliphatic heterocycles. The van der Waals surface area contributed by atoms with Crippen LogP contribution in [0.4, 0.5) is 0 Å². The van der Waals surface area contributed by atoms with Gasteiger partial charge in [-0.2, -0.15) is 0 Å². The molecule has 1 nitrogen and oxygen atoms in total. The van der Waals surface area contributed by atoms with Crippen molar-refractivity contribution >= 4 is 38.9 Å². The molecule has 0 N–H and O–H groups in total.